The van der Waals surface area contributed by atoms with Gasteiger partial charge in [-0.2, -0.15) is 0 Å². The normalized spacial score (nSPS) is 16.7. The van der Waals surface area contributed by atoms with Crippen LogP contribution in [0.25, 0.3) is 5.82 Å². The second-order valence-electron chi connectivity index (χ2n) is 8.85. The van der Waals surface area contributed by atoms with Crippen LogP contribution in [0.5, 0.6) is 0 Å². The topological polar surface area (TPSA) is 63.1 Å². The summed E-state index contributed by atoms with van der Waals surface area (Å²) in [7, 11) is 0. The van der Waals surface area contributed by atoms with Crippen LogP contribution in [0.2, 0.25) is 5.02 Å². The van der Waals surface area contributed by atoms with E-state index in [4.69, 9.17) is 16.6 Å². The summed E-state index contributed by atoms with van der Waals surface area (Å²) in [6.07, 6.45) is 5.38. The van der Waals surface area contributed by atoms with Crippen molar-refractivity contribution in [1.29, 1.82) is 0 Å². The Kier molecular flexibility index (Phi) is 4.77. The van der Waals surface area contributed by atoms with Crippen LogP contribution < -0.4 is 5.32 Å². The minimum absolute atomic E-state index is 0.00546. The largest absolute Gasteiger partial charge is 0.371 e. The van der Waals surface area contributed by atoms with Gasteiger partial charge in [-0.05, 0) is 49.6 Å². The van der Waals surface area contributed by atoms with Gasteiger partial charge in [0.05, 0.1) is 33.7 Å². The average molecular weight is 436 g/mol. The number of pyridine rings is 1. The molecule has 0 aliphatic carbocycles. The first-order valence-electron chi connectivity index (χ1n) is 10.8. The molecule has 2 aliphatic rings. The molecule has 1 aromatic carbocycles. The maximum atomic E-state index is 13.1. The molecule has 2 aliphatic heterocycles. The van der Waals surface area contributed by atoms with Crippen molar-refractivity contribution in [3.8, 4) is 5.82 Å². The lowest BCUT2D eigenvalue weighted by Gasteiger charge is -2.45. The first kappa shape index (κ1) is 20.1. The molecule has 1 amide bonds. The van der Waals surface area contributed by atoms with E-state index in [1.54, 1.807) is 0 Å². The lowest BCUT2D eigenvalue weighted by atomic mass is 9.82. The molecule has 4 heterocycles. The molecule has 2 aromatic heterocycles. The van der Waals surface area contributed by atoms with E-state index in [1.807, 2.05) is 48.5 Å². The molecule has 1 N–H and O–H groups in total. The minimum Gasteiger partial charge on any atom is -0.371 e. The number of fused-ring (bicyclic) bond motifs is 4. The van der Waals surface area contributed by atoms with Gasteiger partial charge in [0.1, 0.15) is 5.82 Å². The summed E-state index contributed by atoms with van der Waals surface area (Å²) in [6, 6.07) is 9.63. The van der Waals surface area contributed by atoms with Crippen LogP contribution in [0.3, 0.4) is 0 Å². The number of aromatic nitrogens is 3. The SMILES string of the molecule is Cc1ccc(C(=O)N2CCC3(CC2)Nc2cccnc2-n2c3cnc2C(C)C)c(Cl)c1. The molecule has 0 bridgehead atoms. The van der Waals surface area contributed by atoms with Crippen molar-refractivity contribution in [2.24, 2.45) is 0 Å². The molecule has 1 fully saturated rings. The lowest BCUT2D eigenvalue weighted by molar-refractivity contribution is 0.0676. The van der Waals surface area contributed by atoms with Crippen molar-refractivity contribution >= 4 is 23.2 Å². The Morgan fingerprint density at radius 1 is 1.19 bits per heavy atom. The molecule has 0 unspecified atom stereocenters. The molecule has 31 heavy (non-hydrogen) atoms. The molecule has 0 saturated carbocycles. The van der Waals surface area contributed by atoms with E-state index >= 15 is 0 Å². The van der Waals surface area contributed by atoms with Gasteiger partial charge in [-0.15, -0.1) is 0 Å². The molecule has 160 valence electrons. The van der Waals surface area contributed by atoms with Gasteiger partial charge in [-0.1, -0.05) is 31.5 Å². The van der Waals surface area contributed by atoms with E-state index in [2.05, 4.69) is 34.8 Å². The molecule has 0 radical (unpaired) electrons. The molecule has 3 aromatic rings. The number of amides is 1. The van der Waals surface area contributed by atoms with Crippen LogP contribution in [-0.2, 0) is 5.54 Å². The molecule has 1 spiro atoms. The van der Waals surface area contributed by atoms with Gasteiger partial charge in [-0.3, -0.25) is 9.36 Å². The third-order valence-electron chi connectivity index (χ3n) is 6.43. The number of benzene rings is 1. The van der Waals surface area contributed by atoms with E-state index in [1.165, 1.54) is 0 Å². The van der Waals surface area contributed by atoms with Gasteiger partial charge < -0.3 is 10.2 Å². The summed E-state index contributed by atoms with van der Waals surface area (Å²) in [6.45, 7) is 7.57. The summed E-state index contributed by atoms with van der Waals surface area (Å²) in [4.78, 5) is 24.4. The second kappa shape index (κ2) is 7.38. The first-order valence-corrected chi connectivity index (χ1v) is 11.1. The number of nitrogens with zero attached hydrogens (tertiary/aromatic N) is 4. The first-order chi connectivity index (χ1) is 14.9. The summed E-state index contributed by atoms with van der Waals surface area (Å²) in [5.74, 6) is 2.19. The predicted octanol–water partition coefficient (Wildman–Crippen LogP) is 4.91. The van der Waals surface area contributed by atoms with Crippen molar-refractivity contribution < 1.29 is 4.79 Å². The van der Waals surface area contributed by atoms with Crippen molar-refractivity contribution in [3.63, 3.8) is 0 Å². The van der Waals surface area contributed by atoms with Crippen LogP contribution in [0.4, 0.5) is 5.69 Å². The highest BCUT2D eigenvalue weighted by molar-refractivity contribution is 6.33. The molecular weight excluding hydrogens is 410 g/mol. The number of likely N-dealkylation sites (tertiary alicyclic amines) is 1. The fraction of sp³-hybridized carbons (Fsp3) is 0.375. The Bertz CT molecular complexity index is 1160. The fourth-order valence-electron chi connectivity index (χ4n) is 4.76. The number of hydrogen-bond acceptors (Lipinski definition) is 4. The molecule has 5 rings (SSSR count). The number of nitrogens with one attached hydrogen (secondary N) is 1. The molecule has 7 heteroatoms. The Hall–Kier alpha value is -2.86. The van der Waals surface area contributed by atoms with E-state index in [9.17, 15) is 4.79 Å². The molecule has 1 saturated heterocycles. The van der Waals surface area contributed by atoms with Crippen molar-refractivity contribution in [2.45, 2.75) is 45.1 Å². The minimum atomic E-state index is -0.274. The summed E-state index contributed by atoms with van der Waals surface area (Å²) in [5, 5.41) is 4.27. The van der Waals surface area contributed by atoms with E-state index < -0.39 is 0 Å². The Balaban J connectivity index is 1.46. The number of piperidine rings is 1. The maximum Gasteiger partial charge on any atom is 0.255 e. The number of carbonyl (C=O) groups is 1. The van der Waals surface area contributed by atoms with Gasteiger partial charge in [0.15, 0.2) is 5.82 Å². The number of carbonyl (C=O) groups excluding carboxylic acids is 1. The quantitative estimate of drug-likeness (QED) is 0.621. The Morgan fingerprint density at radius 2 is 1.97 bits per heavy atom. The van der Waals surface area contributed by atoms with Crippen molar-refractivity contribution in [2.75, 3.05) is 18.4 Å². The van der Waals surface area contributed by atoms with Crippen molar-refractivity contribution in [3.05, 3.63) is 70.4 Å². The highest BCUT2D eigenvalue weighted by Crippen LogP contribution is 2.44. The van der Waals surface area contributed by atoms with Crippen LogP contribution in [0.1, 0.15) is 60.0 Å². The van der Waals surface area contributed by atoms with Crippen LogP contribution in [-0.4, -0.2) is 38.4 Å². The smallest absolute Gasteiger partial charge is 0.255 e. The third kappa shape index (κ3) is 3.21. The van der Waals surface area contributed by atoms with Gasteiger partial charge in [0, 0.05) is 25.2 Å². The lowest BCUT2D eigenvalue weighted by Crippen LogP contribution is -2.51. The average Bonchev–Trinajstić information content (AvgIpc) is 3.21. The standard InChI is InChI=1S/C24H26ClN5O/c1-15(2)21-27-14-20-24(28-19-5-4-10-26-22(19)30(20)21)8-11-29(12-9-24)23(31)17-7-6-16(3)13-18(17)25/h4-7,10,13-15,28H,8-9,11-12H2,1-3H3. The second-order valence-corrected chi connectivity index (χ2v) is 9.26. The molecule has 6 nitrogen and oxygen atoms in total. The number of rotatable bonds is 2. The third-order valence-corrected chi connectivity index (χ3v) is 6.74. The highest BCUT2D eigenvalue weighted by atomic mass is 35.5. The number of hydrogen-bond donors (Lipinski definition) is 1. The zero-order chi connectivity index (χ0) is 21.8. The number of anilines is 1. The summed E-state index contributed by atoms with van der Waals surface area (Å²) in [5.41, 5.74) is 3.48. The molecule has 0 atom stereocenters. The van der Waals surface area contributed by atoms with Gasteiger partial charge in [0.25, 0.3) is 5.91 Å². The maximum absolute atomic E-state index is 13.1. The van der Waals surface area contributed by atoms with Crippen LogP contribution in [0, 0.1) is 6.92 Å². The monoisotopic (exact) mass is 435 g/mol. The number of imidazole rings is 1. The summed E-state index contributed by atoms with van der Waals surface area (Å²) < 4.78 is 2.21. The van der Waals surface area contributed by atoms with Gasteiger partial charge in [0.2, 0.25) is 0 Å². The predicted molar refractivity (Wildman–Crippen MR) is 122 cm³/mol. The zero-order valence-corrected chi connectivity index (χ0v) is 18.8. The molecular formula is C24H26ClN5O. The number of halogens is 1. The summed E-state index contributed by atoms with van der Waals surface area (Å²) >= 11 is 6.36. The highest BCUT2D eigenvalue weighted by Gasteiger charge is 2.44. The van der Waals surface area contributed by atoms with E-state index in [-0.39, 0.29) is 17.4 Å². The van der Waals surface area contributed by atoms with Crippen LogP contribution in [0.15, 0.2) is 42.7 Å². The number of aryl methyl sites for hydroxylation is 1. The van der Waals surface area contributed by atoms with E-state index in [0.717, 1.165) is 41.4 Å². The van der Waals surface area contributed by atoms with Crippen LogP contribution >= 0.6 is 11.6 Å². The van der Waals surface area contributed by atoms with Gasteiger partial charge in [-0.25, -0.2) is 9.97 Å². The van der Waals surface area contributed by atoms with Crippen molar-refractivity contribution in [1.82, 2.24) is 19.4 Å². The van der Waals surface area contributed by atoms with Gasteiger partial charge >= 0.3 is 0 Å². The zero-order valence-electron chi connectivity index (χ0n) is 18.0. The fourth-order valence-corrected chi connectivity index (χ4v) is 5.08. The Labute approximate surface area is 187 Å². The Morgan fingerprint density at radius 3 is 2.68 bits per heavy atom. The van der Waals surface area contributed by atoms with E-state index in [0.29, 0.717) is 23.7 Å².